The molecule has 0 heterocycles. The topological polar surface area (TPSA) is 107 Å². The van der Waals surface area contributed by atoms with Crippen molar-refractivity contribution >= 4 is 28.7 Å². The van der Waals surface area contributed by atoms with Gasteiger partial charge in [0.2, 0.25) is 5.91 Å². The van der Waals surface area contributed by atoms with Crippen LogP contribution in [-0.2, 0) is 4.79 Å². The van der Waals surface area contributed by atoms with Crippen LogP contribution < -0.4 is 4.90 Å². The van der Waals surface area contributed by atoms with Crippen molar-refractivity contribution in [2.24, 2.45) is 0 Å². The van der Waals surface area contributed by atoms with Crippen molar-refractivity contribution < 1.29 is 14.6 Å². The first-order chi connectivity index (χ1) is 12.4. The highest BCUT2D eigenvalue weighted by Gasteiger charge is 2.27. The van der Waals surface area contributed by atoms with Gasteiger partial charge in [0, 0.05) is 13.0 Å². The predicted octanol–water partition coefficient (Wildman–Crippen LogP) is 4.29. The van der Waals surface area contributed by atoms with Crippen LogP contribution >= 0.6 is 0 Å². The minimum Gasteiger partial charge on any atom is -0.275 e. The van der Waals surface area contributed by atoms with E-state index in [0.29, 0.717) is 5.69 Å². The summed E-state index contributed by atoms with van der Waals surface area (Å²) in [5.41, 5.74) is 1.24. The van der Waals surface area contributed by atoms with Gasteiger partial charge < -0.3 is 0 Å². The lowest BCUT2D eigenvalue weighted by Gasteiger charge is -2.19. The third-order valence-electron chi connectivity index (χ3n) is 3.89. The van der Waals surface area contributed by atoms with Crippen LogP contribution in [0.3, 0.4) is 0 Å². The molecule has 1 amide bonds. The van der Waals surface area contributed by atoms with Crippen molar-refractivity contribution in [3.8, 4) is 11.1 Å². The molecule has 0 aromatic heterocycles. The molecule has 0 aliphatic heterocycles. The molecule has 0 saturated carbocycles. The number of anilines is 2. The second-order valence-corrected chi connectivity index (χ2v) is 5.58. The molecule has 0 unspecified atom stereocenters. The fourth-order valence-electron chi connectivity index (χ4n) is 2.78. The molecule has 8 nitrogen and oxygen atoms in total. The Morgan fingerprint density at radius 2 is 1.50 bits per heavy atom. The van der Waals surface area contributed by atoms with Gasteiger partial charge in [0.05, 0.1) is 21.6 Å². The molecule has 0 spiro atoms. The van der Waals surface area contributed by atoms with Crippen LogP contribution in [0.15, 0.2) is 60.7 Å². The van der Waals surface area contributed by atoms with E-state index < -0.39 is 27.1 Å². The van der Waals surface area contributed by atoms with Crippen molar-refractivity contribution in [1.29, 1.82) is 0 Å². The predicted molar refractivity (Wildman–Crippen MR) is 95.6 cm³/mol. The van der Waals surface area contributed by atoms with Gasteiger partial charge in [0.1, 0.15) is 5.69 Å². The fourth-order valence-corrected chi connectivity index (χ4v) is 2.78. The molecule has 0 bridgehead atoms. The molecule has 0 N–H and O–H groups in total. The summed E-state index contributed by atoms with van der Waals surface area (Å²) in [6.07, 6.45) is 0. The molecule has 26 heavy (non-hydrogen) atoms. The quantitative estimate of drug-likeness (QED) is 0.515. The molecule has 1 aromatic rings. The van der Waals surface area contributed by atoms with E-state index in [9.17, 15) is 25.0 Å². The molecular formula is C18H13N3O5. The van der Waals surface area contributed by atoms with E-state index in [-0.39, 0.29) is 5.69 Å². The maximum atomic E-state index is 12.2. The summed E-state index contributed by atoms with van der Waals surface area (Å²) < 4.78 is 0. The maximum Gasteiger partial charge on any atom is 0.300 e. The summed E-state index contributed by atoms with van der Waals surface area (Å²) in [5, 5.41) is 22.3. The number of fused-ring (bicyclic) bond motifs is 1. The van der Waals surface area contributed by atoms with Crippen LogP contribution in [0.5, 0.6) is 0 Å². The summed E-state index contributed by atoms with van der Waals surface area (Å²) in [7, 11) is 0. The van der Waals surface area contributed by atoms with Gasteiger partial charge in [0.15, 0.2) is 0 Å². The number of nitrogens with zero attached hydrogens (tertiary/aromatic N) is 3. The second kappa shape index (κ2) is 6.60. The molecule has 1 aromatic carbocycles. The third kappa shape index (κ3) is 3.07. The first-order valence-corrected chi connectivity index (χ1v) is 7.61. The zero-order valence-electron chi connectivity index (χ0n) is 13.7. The molecule has 8 heteroatoms. The largest absolute Gasteiger partial charge is 0.300 e. The number of hydrogen-bond donors (Lipinski definition) is 0. The molecule has 0 atom stereocenters. The smallest absolute Gasteiger partial charge is 0.275 e. The summed E-state index contributed by atoms with van der Waals surface area (Å²) in [4.78, 5) is 34.3. The van der Waals surface area contributed by atoms with Gasteiger partial charge in [-0.15, -0.1) is 0 Å². The summed E-state index contributed by atoms with van der Waals surface area (Å²) in [5.74, 6) is -0.443. The Labute approximate surface area is 147 Å². The van der Waals surface area contributed by atoms with E-state index in [4.69, 9.17) is 0 Å². The van der Waals surface area contributed by atoms with E-state index in [1.807, 2.05) is 30.3 Å². The van der Waals surface area contributed by atoms with Crippen LogP contribution in [0.25, 0.3) is 11.1 Å². The third-order valence-corrected chi connectivity index (χ3v) is 3.89. The van der Waals surface area contributed by atoms with E-state index in [2.05, 4.69) is 0 Å². The molecule has 0 fully saturated rings. The lowest BCUT2D eigenvalue weighted by atomic mass is 10.2. The van der Waals surface area contributed by atoms with Crippen LogP contribution in [0.4, 0.5) is 22.7 Å². The van der Waals surface area contributed by atoms with Crippen molar-refractivity contribution in [1.82, 2.24) is 0 Å². The van der Waals surface area contributed by atoms with Crippen molar-refractivity contribution in [2.75, 3.05) is 4.90 Å². The summed E-state index contributed by atoms with van der Waals surface area (Å²) in [6.45, 7) is 1.28. The van der Waals surface area contributed by atoms with E-state index in [0.717, 1.165) is 23.3 Å². The number of non-ortho nitro benzene ring substituents is 1. The Balaban J connectivity index is 2.20. The highest BCUT2D eigenvalue weighted by molar-refractivity contribution is 6.03. The number of carbonyl (C=O) groups is 1. The Hall–Kier alpha value is -3.81. The second-order valence-electron chi connectivity index (χ2n) is 5.58. The Kier molecular flexibility index (Phi) is 4.32. The molecule has 0 radical (unpaired) electrons. The highest BCUT2D eigenvalue weighted by Crippen LogP contribution is 2.39. The summed E-state index contributed by atoms with van der Waals surface area (Å²) >= 11 is 0. The summed E-state index contributed by atoms with van der Waals surface area (Å²) in [6, 6.07) is 16.0. The zero-order valence-corrected chi connectivity index (χ0v) is 13.7. The van der Waals surface area contributed by atoms with E-state index >= 15 is 0 Å². The Morgan fingerprint density at radius 3 is 2.00 bits per heavy atom. The first kappa shape index (κ1) is 17.0. The maximum absolute atomic E-state index is 12.2. The average Bonchev–Trinajstić information content (AvgIpc) is 2.84. The van der Waals surface area contributed by atoms with Crippen molar-refractivity contribution in [2.45, 2.75) is 6.92 Å². The van der Waals surface area contributed by atoms with Gasteiger partial charge in [-0.3, -0.25) is 29.9 Å². The SMILES string of the molecule is CC(=O)N(c1cc2cccccc-2c1)c1ccc([N+](=O)[O-])cc1[N+](=O)[O-]. The molecule has 2 aliphatic carbocycles. The lowest BCUT2D eigenvalue weighted by Crippen LogP contribution is -2.23. The zero-order chi connectivity index (χ0) is 18.8. The normalized spacial score (nSPS) is 10.5. The van der Waals surface area contributed by atoms with Gasteiger partial charge in [-0.25, -0.2) is 0 Å². The Morgan fingerprint density at radius 1 is 0.885 bits per heavy atom. The van der Waals surface area contributed by atoms with Crippen LogP contribution in [0.1, 0.15) is 6.92 Å². The van der Waals surface area contributed by atoms with Crippen LogP contribution in [-0.4, -0.2) is 15.8 Å². The number of benzene rings is 1. The van der Waals surface area contributed by atoms with Crippen LogP contribution in [0, 0.1) is 20.2 Å². The molecule has 0 saturated heterocycles. The van der Waals surface area contributed by atoms with Gasteiger partial charge in [-0.1, -0.05) is 30.3 Å². The number of hydrogen-bond acceptors (Lipinski definition) is 5. The van der Waals surface area contributed by atoms with E-state index in [1.54, 1.807) is 12.1 Å². The van der Waals surface area contributed by atoms with Gasteiger partial charge in [-0.2, -0.15) is 0 Å². The Bertz CT molecular complexity index is 971. The lowest BCUT2D eigenvalue weighted by molar-refractivity contribution is -0.393. The monoisotopic (exact) mass is 351 g/mol. The minimum absolute atomic E-state index is 0.0206. The first-order valence-electron chi connectivity index (χ1n) is 7.61. The number of carbonyl (C=O) groups excluding carboxylic acids is 1. The number of amides is 1. The van der Waals surface area contributed by atoms with Gasteiger partial charge in [-0.05, 0) is 29.3 Å². The van der Waals surface area contributed by atoms with E-state index in [1.165, 1.54) is 17.9 Å². The van der Waals surface area contributed by atoms with Gasteiger partial charge in [0.25, 0.3) is 11.4 Å². The standard InChI is InChI=1S/C18H13N3O5/c1-12(22)19(16-9-13-5-3-2-4-6-14(13)10-16)17-8-7-15(20(23)24)11-18(17)21(25)26/h2-11H,1H3. The van der Waals surface area contributed by atoms with Crippen LogP contribution in [0.2, 0.25) is 0 Å². The number of nitro groups is 2. The molecular weight excluding hydrogens is 338 g/mol. The highest BCUT2D eigenvalue weighted by atomic mass is 16.6. The molecule has 130 valence electrons. The fraction of sp³-hybridized carbons (Fsp3) is 0.0556. The minimum atomic E-state index is -0.735. The van der Waals surface area contributed by atoms with Gasteiger partial charge >= 0.3 is 0 Å². The molecule has 2 aliphatic rings. The molecule has 3 rings (SSSR count). The average molecular weight is 351 g/mol. The van der Waals surface area contributed by atoms with Crippen molar-refractivity contribution in [3.05, 3.63) is 80.9 Å². The number of nitro benzene ring substituents is 2. The van der Waals surface area contributed by atoms with Crippen molar-refractivity contribution in [3.63, 3.8) is 0 Å². The number of rotatable bonds is 4.